The van der Waals surface area contributed by atoms with Crippen molar-refractivity contribution in [3.05, 3.63) is 12.2 Å². The third kappa shape index (κ3) is 4.53. The number of unbranched alkanes of at least 4 members (excludes halogenated alkanes) is 1. The highest BCUT2D eigenvalue weighted by Crippen LogP contribution is 2.42. The Morgan fingerprint density at radius 1 is 1.53 bits per heavy atom. The van der Waals surface area contributed by atoms with E-state index in [4.69, 9.17) is 10.5 Å². The fourth-order valence-electron chi connectivity index (χ4n) is 2.23. The summed E-state index contributed by atoms with van der Waals surface area (Å²) in [4.78, 5) is 4.25. The number of nitrogens with zero attached hydrogens (tertiary/aromatic N) is 1. The molecule has 0 amide bonds. The Morgan fingerprint density at radius 3 is 2.74 bits per heavy atom. The third-order valence-electron chi connectivity index (χ3n) is 3.84. The van der Waals surface area contributed by atoms with Gasteiger partial charge in [-0.25, -0.2) is 4.99 Å². The molecule has 1 aliphatic carbocycles. The van der Waals surface area contributed by atoms with E-state index in [1.54, 1.807) is 0 Å². The molecule has 3 N–H and O–H groups in total. The van der Waals surface area contributed by atoms with Crippen molar-refractivity contribution in [1.29, 1.82) is 0 Å². The van der Waals surface area contributed by atoms with Crippen LogP contribution in [0.4, 0.5) is 0 Å². The van der Waals surface area contributed by atoms with Crippen molar-refractivity contribution >= 4 is 5.96 Å². The largest absolute Gasteiger partial charge is 0.378 e. The maximum atomic E-state index is 5.91. The van der Waals surface area contributed by atoms with Gasteiger partial charge in [0.05, 0.1) is 12.6 Å². The van der Waals surface area contributed by atoms with Crippen molar-refractivity contribution in [2.45, 2.75) is 59.1 Å². The molecule has 1 rings (SSSR count). The van der Waals surface area contributed by atoms with Crippen LogP contribution in [-0.2, 0) is 4.74 Å². The van der Waals surface area contributed by atoms with Crippen molar-refractivity contribution in [3.8, 4) is 0 Å². The highest BCUT2D eigenvalue weighted by Gasteiger charge is 2.49. The highest BCUT2D eigenvalue weighted by molar-refractivity contribution is 5.78. The molecule has 2 atom stereocenters. The molecule has 0 aromatic heterocycles. The molecule has 0 radical (unpaired) electrons. The van der Waals surface area contributed by atoms with Crippen molar-refractivity contribution in [2.75, 3.05) is 13.2 Å². The van der Waals surface area contributed by atoms with Gasteiger partial charge < -0.3 is 15.8 Å². The van der Waals surface area contributed by atoms with Crippen molar-refractivity contribution in [1.82, 2.24) is 5.32 Å². The predicted molar refractivity (Wildman–Crippen MR) is 81.3 cm³/mol. The molecule has 19 heavy (non-hydrogen) atoms. The van der Waals surface area contributed by atoms with Gasteiger partial charge in [0.15, 0.2) is 5.96 Å². The second kappa shape index (κ2) is 6.94. The van der Waals surface area contributed by atoms with Crippen LogP contribution in [-0.4, -0.2) is 31.3 Å². The average molecular weight is 267 g/mol. The first-order valence-electron chi connectivity index (χ1n) is 7.20. The maximum Gasteiger partial charge on any atom is 0.189 e. The fraction of sp³-hybridized carbons (Fsp3) is 0.800. The highest BCUT2D eigenvalue weighted by atomic mass is 16.5. The summed E-state index contributed by atoms with van der Waals surface area (Å²) in [6, 6.07) is 0.341. The monoisotopic (exact) mass is 267 g/mol. The van der Waals surface area contributed by atoms with E-state index in [-0.39, 0.29) is 5.41 Å². The summed E-state index contributed by atoms with van der Waals surface area (Å²) in [5, 5.41) is 3.29. The van der Waals surface area contributed by atoms with Crippen molar-refractivity contribution in [2.24, 2.45) is 16.1 Å². The van der Waals surface area contributed by atoms with Gasteiger partial charge in [0.25, 0.3) is 0 Å². The van der Waals surface area contributed by atoms with E-state index in [0.717, 1.165) is 25.0 Å². The lowest BCUT2D eigenvalue weighted by atomic mass is 9.64. The van der Waals surface area contributed by atoms with Gasteiger partial charge in [0.1, 0.15) is 0 Å². The normalized spacial score (nSPS) is 25.8. The molecule has 0 aliphatic heterocycles. The van der Waals surface area contributed by atoms with Crippen LogP contribution in [0.3, 0.4) is 0 Å². The van der Waals surface area contributed by atoms with Crippen LogP contribution in [0.25, 0.3) is 0 Å². The first kappa shape index (κ1) is 16.0. The van der Waals surface area contributed by atoms with Crippen LogP contribution in [0.1, 0.15) is 47.0 Å². The number of hydrogen-bond acceptors (Lipinski definition) is 2. The van der Waals surface area contributed by atoms with Gasteiger partial charge in [-0.3, -0.25) is 0 Å². The predicted octanol–water partition coefficient (Wildman–Crippen LogP) is 2.45. The molecule has 0 heterocycles. The summed E-state index contributed by atoms with van der Waals surface area (Å²) in [5.41, 5.74) is 7.00. The summed E-state index contributed by atoms with van der Waals surface area (Å²) < 4.78 is 5.91. The van der Waals surface area contributed by atoms with Gasteiger partial charge >= 0.3 is 0 Å². The van der Waals surface area contributed by atoms with Crippen LogP contribution in [0.5, 0.6) is 0 Å². The van der Waals surface area contributed by atoms with E-state index >= 15 is 0 Å². The lowest BCUT2D eigenvalue weighted by molar-refractivity contribution is -0.113. The van der Waals surface area contributed by atoms with Gasteiger partial charge in [-0.05, 0) is 19.8 Å². The Morgan fingerprint density at radius 2 is 2.21 bits per heavy atom. The molecule has 4 heteroatoms. The Balaban J connectivity index is 2.38. The van der Waals surface area contributed by atoms with Gasteiger partial charge in [-0.1, -0.05) is 39.3 Å². The number of nitrogens with two attached hydrogens (primary N) is 1. The number of guanidine groups is 1. The first-order valence-corrected chi connectivity index (χ1v) is 7.20. The summed E-state index contributed by atoms with van der Waals surface area (Å²) in [6.07, 6.45) is 3.63. The Hall–Kier alpha value is -1.03. The zero-order chi connectivity index (χ0) is 14.5. The first-order chi connectivity index (χ1) is 8.87. The summed E-state index contributed by atoms with van der Waals surface area (Å²) in [5.74, 6) is 0.507. The Labute approximate surface area is 117 Å². The minimum Gasteiger partial charge on any atom is -0.378 e. The van der Waals surface area contributed by atoms with E-state index in [1.165, 1.54) is 6.42 Å². The van der Waals surface area contributed by atoms with Crippen molar-refractivity contribution < 1.29 is 4.74 Å². The molecule has 0 saturated heterocycles. The van der Waals surface area contributed by atoms with Crippen LogP contribution in [0.15, 0.2) is 17.1 Å². The number of rotatable bonds is 7. The number of aliphatic imine (C=N–C) groups is 1. The molecule has 4 nitrogen and oxygen atoms in total. The maximum absolute atomic E-state index is 5.91. The Bertz CT molecular complexity index is 336. The zero-order valence-corrected chi connectivity index (χ0v) is 12.8. The third-order valence-corrected chi connectivity index (χ3v) is 3.84. The number of hydrogen-bond donors (Lipinski definition) is 2. The van der Waals surface area contributed by atoms with Crippen LogP contribution in [0.2, 0.25) is 0 Å². The molecule has 0 bridgehead atoms. The molecule has 0 spiro atoms. The van der Waals surface area contributed by atoms with E-state index < -0.39 is 0 Å². The van der Waals surface area contributed by atoms with Gasteiger partial charge in [-0.2, -0.15) is 0 Å². The van der Waals surface area contributed by atoms with E-state index in [9.17, 15) is 0 Å². The fourth-order valence-corrected chi connectivity index (χ4v) is 2.23. The zero-order valence-electron chi connectivity index (χ0n) is 12.8. The molecule has 0 aromatic rings. The molecular weight excluding hydrogens is 238 g/mol. The van der Waals surface area contributed by atoms with Gasteiger partial charge in [0, 0.05) is 18.1 Å². The SMILES string of the molecule is C=C(C)CN=C(N)NC1CC(OCCCC)C1(C)C. The van der Waals surface area contributed by atoms with Gasteiger partial charge in [-0.15, -0.1) is 0 Å². The van der Waals surface area contributed by atoms with Gasteiger partial charge in [0.2, 0.25) is 0 Å². The molecular formula is C15H29N3O. The van der Waals surface area contributed by atoms with Crippen LogP contribution >= 0.6 is 0 Å². The molecule has 1 saturated carbocycles. The summed E-state index contributed by atoms with van der Waals surface area (Å²) in [6.45, 7) is 13.8. The van der Waals surface area contributed by atoms with E-state index in [0.29, 0.717) is 24.7 Å². The summed E-state index contributed by atoms with van der Waals surface area (Å²) in [7, 11) is 0. The number of ether oxygens (including phenoxy) is 1. The minimum absolute atomic E-state index is 0.108. The Kier molecular flexibility index (Phi) is 5.85. The van der Waals surface area contributed by atoms with E-state index in [2.05, 4.69) is 37.7 Å². The lowest BCUT2D eigenvalue weighted by Crippen LogP contribution is -2.63. The van der Waals surface area contributed by atoms with Crippen molar-refractivity contribution in [3.63, 3.8) is 0 Å². The second-order valence-electron chi connectivity index (χ2n) is 6.13. The van der Waals surface area contributed by atoms with Crippen LogP contribution < -0.4 is 11.1 Å². The average Bonchev–Trinajstić information content (AvgIpc) is 2.34. The molecule has 2 unspecified atom stereocenters. The molecule has 110 valence electrons. The second-order valence-corrected chi connectivity index (χ2v) is 6.13. The smallest absolute Gasteiger partial charge is 0.189 e. The minimum atomic E-state index is 0.108. The quantitative estimate of drug-likeness (QED) is 0.322. The van der Waals surface area contributed by atoms with E-state index in [1.807, 2.05) is 6.92 Å². The molecule has 1 fully saturated rings. The molecule has 1 aliphatic rings. The summed E-state index contributed by atoms with van der Waals surface area (Å²) >= 11 is 0. The number of nitrogens with one attached hydrogen (secondary N) is 1. The van der Waals surface area contributed by atoms with Crippen LogP contribution in [0, 0.1) is 5.41 Å². The standard InChI is InChI=1S/C15H29N3O/c1-6-7-8-19-13-9-12(15(13,4)5)18-14(16)17-10-11(2)3/h12-13H,2,6-10H2,1,3-5H3,(H3,16,17,18). The topological polar surface area (TPSA) is 59.6 Å². The lowest BCUT2D eigenvalue weighted by Gasteiger charge is -2.51. The molecule has 0 aromatic carbocycles.